The Morgan fingerprint density at radius 1 is 1.06 bits per heavy atom. The SMILES string of the molecule is CCCCc1ccc(C(C)(C)CC(C)C)cc1. The molecular weight excluding hydrogens is 204 g/mol. The molecule has 0 fully saturated rings. The Balaban J connectivity index is 2.72. The third-order valence-corrected chi connectivity index (χ3v) is 3.47. The fourth-order valence-electron chi connectivity index (χ4n) is 2.64. The smallest absolute Gasteiger partial charge is 0.0101 e. The van der Waals surface area contributed by atoms with E-state index in [0.717, 1.165) is 5.92 Å². The van der Waals surface area contributed by atoms with E-state index in [1.165, 1.54) is 36.8 Å². The van der Waals surface area contributed by atoms with Crippen LogP contribution in [0.5, 0.6) is 0 Å². The van der Waals surface area contributed by atoms with Gasteiger partial charge in [-0.3, -0.25) is 0 Å². The molecule has 17 heavy (non-hydrogen) atoms. The molecular formula is C17H28. The molecule has 0 heterocycles. The predicted octanol–water partition coefficient (Wildman–Crippen LogP) is 5.35. The molecule has 0 N–H and O–H groups in total. The van der Waals surface area contributed by atoms with Crippen molar-refractivity contribution in [3.05, 3.63) is 35.4 Å². The minimum Gasteiger partial charge on any atom is -0.0654 e. The van der Waals surface area contributed by atoms with E-state index in [-0.39, 0.29) is 0 Å². The molecule has 0 atom stereocenters. The standard InChI is InChI=1S/C17H28/c1-6-7-8-15-9-11-16(12-10-15)17(4,5)13-14(2)3/h9-12,14H,6-8,13H2,1-5H3. The molecule has 0 spiro atoms. The third-order valence-electron chi connectivity index (χ3n) is 3.47. The summed E-state index contributed by atoms with van der Waals surface area (Å²) in [4.78, 5) is 0. The first-order chi connectivity index (χ1) is 7.95. The zero-order chi connectivity index (χ0) is 12.9. The second-order valence-electron chi connectivity index (χ2n) is 6.28. The number of benzene rings is 1. The third kappa shape index (κ3) is 4.53. The van der Waals surface area contributed by atoms with Gasteiger partial charge < -0.3 is 0 Å². The summed E-state index contributed by atoms with van der Waals surface area (Å²) < 4.78 is 0. The molecule has 0 aliphatic carbocycles. The first kappa shape index (κ1) is 14.3. The van der Waals surface area contributed by atoms with Gasteiger partial charge in [-0.25, -0.2) is 0 Å². The van der Waals surface area contributed by atoms with Crippen molar-refractivity contribution in [3.8, 4) is 0 Å². The zero-order valence-corrected chi connectivity index (χ0v) is 12.2. The lowest BCUT2D eigenvalue weighted by atomic mass is 9.77. The van der Waals surface area contributed by atoms with Gasteiger partial charge in [0.2, 0.25) is 0 Å². The summed E-state index contributed by atoms with van der Waals surface area (Å²) in [5.74, 6) is 0.754. The molecule has 0 bridgehead atoms. The lowest BCUT2D eigenvalue weighted by molar-refractivity contribution is 0.399. The molecule has 1 aromatic carbocycles. The highest BCUT2D eigenvalue weighted by Crippen LogP contribution is 2.30. The number of hydrogen-bond acceptors (Lipinski definition) is 0. The maximum atomic E-state index is 2.36. The minimum absolute atomic E-state index is 0.303. The topological polar surface area (TPSA) is 0 Å². The fraction of sp³-hybridized carbons (Fsp3) is 0.647. The highest BCUT2D eigenvalue weighted by atomic mass is 14.3. The van der Waals surface area contributed by atoms with Crippen molar-refractivity contribution < 1.29 is 0 Å². The van der Waals surface area contributed by atoms with Crippen molar-refractivity contribution in [3.63, 3.8) is 0 Å². The van der Waals surface area contributed by atoms with E-state index in [2.05, 4.69) is 58.9 Å². The number of rotatable bonds is 6. The average Bonchev–Trinajstić information content (AvgIpc) is 2.25. The van der Waals surface area contributed by atoms with Gasteiger partial charge in [0.15, 0.2) is 0 Å². The van der Waals surface area contributed by atoms with Crippen molar-refractivity contribution >= 4 is 0 Å². The lowest BCUT2D eigenvalue weighted by Gasteiger charge is -2.27. The first-order valence-electron chi connectivity index (χ1n) is 7.05. The molecule has 0 aromatic heterocycles. The second-order valence-corrected chi connectivity index (χ2v) is 6.28. The molecule has 0 saturated heterocycles. The molecule has 1 aromatic rings. The number of aryl methyl sites for hydroxylation is 1. The number of unbranched alkanes of at least 4 members (excludes halogenated alkanes) is 1. The summed E-state index contributed by atoms with van der Waals surface area (Å²) in [6.45, 7) is 11.6. The van der Waals surface area contributed by atoms with Crippen molar-refractivity contribution in [2.45, 2.75) is 65.7 Å². The molecule has 0 aliphatic rings. The molecule has 0 amide bonds. The van der Waals surface area contributed by atoms with Crippen LogP contribution in [-0.4, -0.2) is 0 Å². The predicted molar refractivity (Wildman–Crippen MR) is 77.5 cm³/mol. The summed E-state index contributed by atoms with van der Waals surface area (Å²) >= 11 is 0. The monoisotopic (exact) mass is 232 g/mol. The Bertz CT molecular complexity index is 316. The first-order valence-corrected chi connectivity index (χ1v) is 7.05. The molecule has 0 heteroatoms. The van der Waals surface area contributed by atoms with Gasteiger partial charge in [0.25, 0.3) is 0 Å². The van der Waals surface area contributed by atoms with Gasteiger partial charge in [-0.2, -0.15) is 0 Å². The highest BCUT2D eigenvalue weighted by molar-refractivity contribution is 5.28. The van der Waals surface area contributed by atoms with Crippen LogP contribution in [0, 0.1) is 5.92 Å². The largest absolute Gasteiger partial charge is 0.0654 e. The Morgan fingerprint density at radius 2 is 1.65 bits per heavy atom. The van der Waals surface area contributed by atoms with Gasteiger partial charge >= 0.3 is 0 Å². The van der Waals surface area contributed by atoms with Crippen LogP contribution in [0.15, 0.2) is 24.3 Å². The van der Waals surface area contributed by atoms with Gasteiger partial charge in [-0.15, -0.1) is 0 Å². The second kappa shape index (κ2) is 6.23. The van der Waals surface area contributed by atoms with E-state index in [1.54, 1.807) is 0 Å². The van der Waals surface area contributed by atoms with Gasteiger partial charge in [0.1, 0.15) is 0 Å². The molecule has 0 unspecified atom stereocenters. The summed E-state index contributed by atoms with van der Waals surface area (Å²) in [5, 5.41) is 0. The maximum Gasteiger partial charge on any atom is -0.0101 e. The quantitative estimate of drug-likeness (QED) is 0.620. The zero-order valence-electron chi connectivity index (χ0n) is 12.2. The van der Waals surface area contributed by atoms with Gasteiger partial charge in [0, 0.05) is 0 Å². The Kier molecular flexibility index (Phi) is 5.24. The van der Waals surface area contributed by atoms with Crippen LogP contribution in [0.25, 0.3) is 0 Å². The van der Waals surface area contributed by atoms with Crippen LogP contribution in [0.1, 0.15) is 65.0 Å². The van der Waals surface area contributed by atoms with E-state index >= 15 is 0 Å². The normalized spacial score (nSPS) is 12.1. The van der Waals surface area contributed by atoms with Crippen LogP contribution in [-0.2, 0) is 11.8 Å². The number of hydrogen-bond donors (Lipinski definition) is 0. The van der Waals surface area contributed by atoms with E-state index in [0.29, 0.717) is 5.41 Å². The summed E-state index contributed by atoms with van der Waals surface area (Å²) in [7, 11) is 0. The highest BCUT2D eigenvalue weighted by Gasteiger charge is 2.21. The van der Waals surface area contributed by atoms with Gasteiger partial charge in [0.05, 0.1) is 0 Å². The molecule has 0 aliphatic heterocycles. The van der Waals surface area contributed by atoms with E-state index in [9.17, 15) is 0 Å². The van der Waals surface area contributed by atoms with E-state index in [1.807, 2.05) is 0 Å². The van der Waals surface area contributed by atoms with Crippen LogP contribution >= 0.6 is 0 Å². The Hall–Kier alpha value is -0.780. The van der Waals surface area contributed by atoms with Crippen LogP contribution in [0.4, 0.5) is 0 Å². The maximum absolute atomic E-state index is 2.36. The molecule has 0 saturated carbocycles. The van der Waals surface area contributed by atoms with E-state index in [4.69, 9.17) is 0 Å². The van der Waals surface area contributed by atoms with Crippen molar-refractivity contribution in [1.29, 1.82) is 0 Å². The van der Waals surface area contributed by atoms with Crippen LogP contribution < -0.4 is 0 Å². The molecule has 96 valence electrons. The van der Waals surface area contributed by atoms with Crippen LogP contribution in [0.3, 0.4) is 0 Å². The molecule has 1 rings (SSSR count). The average molecular weight is 232 g/mol. The van der Waals surface area contributed by atoms with Crippen molar-refractivity contribution in [1.82, 2.24) is 0 Å². The Labute approximate surface area is 107 Å². The van der Waals surface area contributed by atoms with Crippen molar-refractivity contribution in [2.75, 3.05) is 0 Å². The van der Waals surface area contributed by atoms with Crippen molar-refractivity contribution in [2.24, 2.45) is 5.92 Å². The summed E-state index contributed by atoms with van der Waals surface area (Å²) in [6.07, 6.45) is 5.05. The van der Waals surface area contributed by atoms with Gasteiger partial charge in [-0.05, 0) is 41.7 Å². The van der Waals surface area contributed by atoms with E-state index < -0.39 is 0 Å². The fourth-order valence-corrected chi connectivity index (χ4v) is 2.64. The Morgan fingerprint density at radius 3 is 2.12 bits per heavy atom. The summed E-state index contributed by atoms with van der Waals surface area (Å²) in [6, 6.07) is 9.28. The lowest BCUT2D eigenvalue weighted by Crippen LogP contribution is -2.19. The molecule has 0 nitrogen and oxygen atoms in total. The van der Waals surface area contributed by atoms with Crippen LogP contribution in [0.2, 0.25) is 0 Å². The summed E-state index contributed by atoms with van der Waals surface area (Å²) in [5.41, 5.74) is 3.26. The molecule has 0 radical (unpaired) electrons. The minimum atomic E-state index is 0.303. The van der Waals surface area contributed by atoms with Gasteiger partial charge in [-0.1, -0.05) is 65.3 Å².